The third-order valence-corrected chi connectivity index (χ3v) is 4.57. The van der Waals surface area contributed by atoms with Crippen molar-refractivity contribution < 1.29 is 4.79 Å². The molecule has 1 amide bonds. The van der Waals surface area contributed by atoms with E-state index < -0.39 is 5.54 Å². The minimum Gasteiger partial charge on any atom is -0.368 e. The summed E-state index contributed by atoms with van der Waals surface area (Å²) in [5.74, 6) is 0.126. The van der Waals surface area contributed by atoms with E-state index in [-0.39, 0.29) is 5.91 Å². The number of rotatable bonds is 7. The van der Waals surface area contributed by atoms with Crippen LogP contribution in [-0.2, 0) is 11.3 Å². The summed E-state index contributed by atoms with van der Waals surface area (Å²) in [5, 5.41) is 7.75. The zero-order chi connectivity index (χ0) is 14.6. The molecule has 1 aliphatic rings. The van der Waals surface area contributed by atoms with Crippen LogP contribution in [-0.4, -0.2) is 27.8 Å². The van der Waals surface area contributed by atoms with Crippen molar-refractivity contribution in [3.05, 3.63) is 18.0 Å². The summed E-state index contributed by atoms with van der Waals surface area (Å²) >= 11 is 0. The number of amides is 1. The Morgan fingerprint density at radius 3 is 3.05 bits per heavy atom. The summed E-state index contributed by atoms with van der Waals surface area (Å²) in [6, 6.07) is 2.01. The molecule has 0 aromatic carbocycles. The highest BCUT2D eigenvalue weighted by Gasteiger charge is 2.46. The van der Waals surface area contributed by atoms with E-state index in [1.807, 2.05) is 16.9 Å². The second-order valence-electron chi connectivity index (χ2n) is 5.84. The van der Waals surface area contributed by atoms with Gasteiger partial charge in [-0.25, -0.2) is 0 Å². The van der Waals surface area contributed by atoms with Gasteiger partial charge in [-0.1, -0.05) is 13.3 Å². The van der Waals surface area contributed by atoms with Gasteiger partial charge in [-0.15, -0.1) is 0 Å². The molecular weight excluding hydrogens is 252 g/mol. The highest BCUT2D eigenvalue weighted by atomic mass is 16.1. The Hall–Kier alpha value is -1.36. The van der Waals surface area contributed by atoms with Crippen LogP contribution in [0.3, 0.4) is 0 Å². The summed E-state index contributed by atoms with van der Waals surface area (Å²) in [5.41, 5.74) is 6.38. The molecule has 20 heavy (non-hydrogen) atoms. The Morgan fingerprint density at radius 2 is 2.45 bits per heavy atom. The monoisotopic (exact) mass is 278 g/mol. The van der Waals surface area contributed by atoms with Crippen LogP contribution in [0.15, 0.2) is 12.3 Å². The van der Waals surface area contributed by atoms with Gasteiger partial charge in [-0.3, -0.25) is 9.48 Å². The van der Waals surface area contributed by atoms with Crippen LogP contribution in [0.4, 0.5) is 0 Å². The van der Waals surface area contributed by atoms with Crippen LogP contribution in [0.1, 0.15) is 44.7 Å². The average Bonchev–Trinajstić information content (AvgIpc) is 3.01. The minimum absolute atomic E-state index is 0.189. The predicted molar refractivity (Wildman–Crippen MR) is 79.1 cm³/mol. The number of hydrogen-bond donors (Lipinski definition) is 2. The van der Waals surface area contributed by atoms with Crippen molar-refractivity contribution in [1.29, 1.82) is 0 Å². The Kier molecular flexibility index (Phi) is 4.81. The quantitative estimate of drug-likeness (QED) is 0.796. The molecule has 1 aromatic heterocycles. The number of carbonyl (C=O) groups is 1. The minimum atomic E-state index is -0.503. The van der Waals surface area contributed by atoms with E-state index >= 15 is 0 Å². The lowest BCUT2D eigenvalue weighted by Gasteiger charge is -2.34. The molecule has 1 fully saturated rings. The van der Waals surface area contributed by atoms with Crippen molar-refractivity contribution in [1.82, 2.24) is 15.1 Å². The largest absolute Gasteiger partial charge is 0.368 e. The molecule has 2 rings (SSSR count). The first kappa shape index (κ1) is 15.0. The number of carbonyl (C=O) groups excluding carboxylic acids is 1. The van der Waals surface area contributed by atoms with E-state index in [9.17, 15) is 4.79 Å². The molecule has 1 aliphatic carbocycles. The third kappa shape index (κ3) is 2.87. The second kappa shape index (κ2) is 6.39. The Bertz CT molecular complexity index is 456. The zero-order valence-electron chi connectivity index (χ0n) is 12.6. The van der Waals surface area contributed by atoms with Gasteiger partial charge < -0.3 is 11.1 Å². The molecule has 0 bridgehead atoms. The molecule has 1 saturated carbocycles. The lowest BCUT2D eigenvalue weighted by atomic mass is 9.83. The van der Waals surface area contributed by atoms with E-state index in [2.05, 4.69) is 24.3 Å². The van der Waals surface area contributed by atoms with Crippen LogP contribution < -0.4 is 11.1 Å². The first-order chi connectivity index (χ1) is 9.60. The number of nitrogens with zero attached hydrogens (tertiary/aromatic N) is 2. The summed E-state index contributed by atoms with van der Waals surface area (Å²) in [7, 11) is 0. The lowest BCUT2D eigenvalue weighted by molar-refractivity contribution is -0.126. The van der Waals surface area contributed by atoms with Gasteiger partial charge in [-0.2, -0.15) is 5.10 Å². The Labute approximate surface area is 120 Å². The van der Waals surface area contributed by atoms with Crippen LogP contribution in [0.5, 0.6) is 0 Å². The maximum atomic E-state index is 12.0. The molecule has 0 spiro atoms. The van der Waals surface area contributed by atoms with E-state index in [0.29, 0.717) is 5.92 Å². The summed E-state index contributed by atoms with van der Waals surface area (Å²) in [6.07, 6.45) is 6.79. The average molecular weight is 278 g/mol. The number of nitrogens with two attached hydrogens (primary N) is 1. The van der Waals surface area contributed by atoms with E-state index in [1.165, 1.54) is 0 Å². The fourth-order valence-electron chi connectivity index (χ4n) is 3.37. The predicted octanol–water partition coefficient (Wildman–Crippen LogP) is 1.61. The number of aryl methyl sites for hydroxylation is 2. The van der Waals surface area contributed by atoms with Crippen molar-refractivity contribution in [2.45, 2.75) is 58.0 Å². The van der Waals surface area contributed by atoms with Crippen LogP contribution in [0, 0.1) is 12.8 Å². The van der Waals surface area contributed by atoms with Gasteiger partial charge in [0, 0.05) is 18.4 Å². The van der Waals surface area contributed by atoms with Crippen molar-refractivity contribution in [2.24, 2.45) is 11.7 Å². The molecule has 1 aromatic rings. The molecular formula is C15H26N4O. The molecule has 5 heteroatoms. The number of primary amides is 1. The first-order valence-electron chi connectivity index (χ1n) is 7.63. The number of aromatic nitrogens is 2. The standard InChI is InChI=1S/C15H26N4O/c1-3-9-17-15(14(16)20)8-4-5-13(15)7-11-19-12(2)6-10-18-19/h6,10,13,17H,3-5,7-9,11H2,1-2H3,(H2,16,20). The molecule has 2 unspecified atom stereocenters. The molecule has 5 nitrogen and oxygen atoms in total. The topological polar surface area (TPSA) is 72.9 Å². The van der Waals surface area contributed by atoms with Crippen LogP contribution in [0.25, 0.3) is 0 Å². The smallest absolute Gasteiger partial charge is 0.238 e. The summed E-state index contributed by atoms with van der Waals surface area (Å²) < 4.78 is 2.00. The van der Waals surface area contributed by atoms with Gasteiger partial charge in [0.15, 0.2) is 0 Å². The van der Waals surface area contributed by atoms with Crippen molar-refractivity contribution in [3.63, 3.8) is 0 Å². The normalized spacial score (nSPS) is 26.0. The van der Waals surface area contributed by atoms with Crippen LogP contribution in [0.2, 0.25) is 0 Å². The molecule has 2 atom stereocenters. The van der Waals surface area contributed by atoms with Gasteiger partial charge in [-0.05, 0) is 51.1 Å². The maximum Gasteiger partial charge on any atom is 0.238 e. The molecule has 0 radical (unpaired) electrons. The molecule has 0 saturated heterocycles. The number of nitrogens with one attached hydrogen (secondary N) is 1. The molecule has 3 N–H and O–H groups in total. The van der Waals surface area contributed by atoms with E-state index in [1.54, 1.807) is 0 Å². The molecule has 1 heterocycles. The van der Waals surface area contributed by atoms with Crippen LogP contribution >= 0.6 is 0 Å². The van der Waals surface area contributed by atoms with Gasteiger partial charge in [0.05, 0.1) is 0 Å². The fourth-order valence-corrected chi connectivity index (χ4v) is 3.37. The second-order valence-corrected chi connectivity index (χ2v) is 5.84. The highest BCUT2D eigenvalue weighted by molar-refractivity contribution is 5.85. The van der Waals surface area contributed by atoms with Gasteiger partial charge in [0.25, 0.3) is 0 Å². The highest BCUT2D eigenvalue weighted by Crippen LogP contribution is 2.38. The van der Waals surface area contributed by atoms with E-state index in [0.717, 1.165) is 50.9 Å². The van der Waals surface area contributed by atoms with Crippen molar-refractivity contribution >= 4 is 5.91 Å². The van der Waals surface area contributed by atoms with Crippen molar-refractivity contribution in [2.75, 3.05) is 6.54 Å². The Morgan fingerprint density at radius 1 is 1.65 bits per heavy atom. The number of hydrogen-bond acceptors (Lipinski definition) is 3. The maximum absolute atomic E-state index is 12.0. The fraction of sp³-hybridized carbons (Fsp3) is 0.733. The summed E-state index contributed by atoms with van der Waals surface area (Å²) in [4.78, 5) is 12.0. The van der Waals surface area contributed by atoms with Gasteiger partial charge in [0.2, 0.25) is 5.91 Å². The zero-order valence-corrected chi connectivity index (χ0v) is 12.6. The van der Waals surface area contributed by atoms with Crippen molar-refractivity contribution in [3.8, 4) is 0 Å². The summed E-state index contributed by atoms with van der Waals surface area (Å²) in [6.45, 7) is 5.86. The molecule has 112 valence electrons. The third-order valence-electron chi connectivity index (χ3n) is 4.57. The lowest BCUT2D eigenvalue weighted by Crippen LogP contribution is -2.58. The first-order valence-corrected chi connectivity index (χ1v) is 7.63. The van der Waals surface area contributed by atoms with Gasteiger partial charge in [0.1, 0.15) is 5.54 Å². The Balaban J connectivity index is 2.04. The SMILES string of the molecule is CCCNC1(C(N)=O)CCCC1CCn1nccc1C. The van der Waals surface area contributed by atoms with E-state index in [4.69, 9.17) is 5.73 Å². The molecule has 0 aliphatic heterocycles. The van der Waals surface area contributed by atoms with Gasteiger partial charge >= 0.3 is 0 Å².